The van der Waals surface area contributed by atoms with E-state index >= 15 is 0 Å². The van der Waals surface area contributed by atoms with E-state index in [1.165, 1.54) is 0 Å². The molecule has 0 unspecified atom stereocenters. The predicted octanol–water partition coefficient (Wildman–Crippen LogP) is 5.69. The number of nitrogens with zero attached hydrogens (tertiary/aromatic N) is 1. The molecule has 0 heterocycles. The van der Waals surface area contributed by atoms with Crippen LogP contribution in [0.3, 0.4) is 0 Å². The van der Waals surface area contributed by atoms with Gasteiger partial charge < -0.3 is 15.5 Å². The SMILES string of the molecule is CN(C)c1ccc(C=C(NC(=O)c2ccccc2Br)C(=O)Nc2ccc(Br)cc2)cc1. The van der Waals surface area contributed by atoms with Crippen LogP contribution in [-0.4, -0.2) is 25.9 Å². The van der Waals surface area contributed by atoms with Gasteiger partial charge in [0.1, 0.15) is 5.70 Å². The summed E-state index contributed by atoms with van der Waals surface area (Å²) in [5, 5.41) is 5.58. The minimum absolute atomic E-state index is 0.140. The molecule has 3 aromatic carbocycles. The van der Waals surface area contributed by atoms with E-state index in [0.717, 1.165) is 15.7 Å². The van der Waals surface area contributed by atoms with Crippen molar-refractivity contribution in [3.63, 3.8) is 0 Å². The van der Waals surface area contributed by atoms with Gasteiger partial charge >= 0.3 is 0 Å². The first kappa shape index (κ1) is 22.8. The summed E-state index contributed by atoms with van der Waals surface area (Å²) in [5.74, 6) is -0.797. The van der Waals surface area contributed by atoms with Crippen molar-refractivity contribution in [2.75, 3.05) is 24.3 Å². The minimum Gasteiger partial charge on any atom is -0.378 e. The monoisotopic (exact) mass is 541 g/mol. The van der Waals surface area contributed by atoms with E-state index in [0.29, 0.717) is 15.7 Å². The van der Waals surface area contributed by atoms with Gasteiger partial charge in [0.05, 0.1) is 5.56 Å². The van der Waals surface area contributed by atoms with E-state index in [-0.39, 0.29) is 11.6 Å². The quantitative estimate of drug-likeness (QED) is 0.393. The molecule has 0 atom stereocenters. The van der Waals surface area contributed by atoms with Crippen molar-refractivity contribution in [1.29, 1.82) is 0 Å². The van der Waals surface area contributed by atoms with Crippen molar-refractivity contribution in [2.45, 2.75) is 0 Å². The van der Waals surface area contributed by atoms with Gasteiger partial charge in [-0.3, -0.25) is 9.59 Å². The molecule has 2 amide bonds. The second kappa shape index (κ2) is 10.4. The lowest BCUT2D eigenvalue weighted by molar-refractivity contribution is -0.113. The Morgan fingerprint density at radius 1 is 0.871 bits per heavy atom. The third kappa shape index (κ3) is 6.29. The number of halogens is 2. The van der Waals surface area contributed by atoms with Crippen molar-refractivity contribution < 1.29 is 9.59 Å². The van der Waals surface area contributed by atoms with E-state index in [2.05, 4.69) is 42.5 Å². The van der Waals surface area contributed by atoms with Gasteiger partial charge in [0.2, 0.25) is 0 Å². The minimum atomic E-state index is -0.417. The van der Waals surface area contributed by atoms with Crippen LogP contribution in [0.25, 0.3) is 6.08 Å². The molecule has 3 rings (SSSR count). The summed E-state index contributed by atoms with van der Waals surface area (Å²) in [5.41, 5.74) is 3.03. The molecule has 0 fully saturated rings. The van der Waals surface area contributed by atoms with Gasteiger partial charge in [-0.2, -0.15) is 0 Å². The van der Waals surface area contributed by atoms with Crippen LogP contribution in [0.1, 0.15) is 15.9 Å². The van der Waals surface area contributed by atoms with Crippen LogP contribution in [0.2, 0.25) is 0 Å². The number of benzene rings is 3. The second-order valence-corrected chi connectivity index (χ2v) is 8.71. The molecule has 5 nitrogen and oxygen atoms in total. The van der Waals surface area contributed by atoms with Gasteiger partial charge in [0, 0.05) is 34.4 Å². The summed E-state index contributed by atoms with van der Waals surface area (Å²) in [6, 6.07) is 22.0. The lowest BCUT2D eigenvalue weighted by atomic mass is 10.1. The number of carbonyl (C=O) groups is 2. The normalized spacial score (nSPS) is 11.0. The summed E-state index contributed by atoms with van der Waals surface area (Å²) < 4.78 is 1.56. The molecule has 0 spiro atoms. The Morgan fingerprint density at radius 3 is 2.13 bits per heavy atom. The third-order valence-electron chi connectivity index (χ3n) is 4.43. The maximum atomic E-state index is 13.0. The number of amides is 2. The summed E-state index contributed by atoms with van der Waals surface area (Å²) in [6.45, 7) is 0. The fourth-order valence-electron chi connectivity index (χ4n) is 2.76. The molecular formula is C24H21Br2N3O2. The number of nitrogens with one attached hydrogen (secondary N) is 2. The smallest absolute Gasteiger partial charge is 0.272 e. The number of carbonyl (C=O) groups excluding carboxylic acids is 2. The van der Waals surface area contributed by atoms with E-state index in [1.54, 1.807) is 36.4 Å². The van der Waals surface area contributed by atoms with Crippen molar-refractivity contribution in [3.8, 4) is 0 Å². The molecule has 0 bridgehead atoms. The Labute approximate surface area is 198 Å². The number of anilines is 2. The van der Waals surface area contributed by atoms with Gasteiger partial charge in [-0.15, -0.1) is 0 Å². The molecule has 0 aliphatic rings. The largest absolute Gasteiger partial charge is 0.378 e. The summed E-state index contributed by atoms with van der Waals surface area (Å²) in [7, 11) is 3.92. The Kier molecular flexibility index (Phi) is 7.65. The molecule has 0 saturated heterocycles. The molecule has 0 aliphatic carbocycles. The highest BCUT2D eigenvalue weighted by Crippen LogP contribution is 2.19. The Hall–Kier alpha value is -2.90. The third-order valence-corrected chi connectivity index (χ3v) is 5.65. The van der Waals surface area contributed by atoms with Crippen LogP contribution in [0.4, 0.5) is 11.4 Å². The molecule has 0 aliphatic heterocycles. The van der Waals surface area contributed by atoms with Crippen LogP contribution in [0.15, 0.2) is 87.4 Å². The van der Waals surface area contributed by atoms with E-state index < -0.39 is 5.91 Å². The molecule has 0 aromatic heterocycles. The van der Waals surface area contributed by atoms with Crippen LogP contribution in [0, 0.1) is 0 Å². The Morgan fingerprint density at radius 2 is 1.52 bits per heavy atom. The van der Waals surface area contributed by atoms with E-state index in [1.807, 2.05) is 61.5 Å². The first-order valence-electron chi connectivity index (χ1n) is 9.45. The van der Waals surface area contributed by atoms with Crippen molar-refractivity contribution in [1.82, 2.24) is 5.32 Å². The number of hydrogen-bond acceptors (Lipinski definition) is 3. The lowest BCUT2D eigenvalue weighted by Crippen LogP contribution is -2.31. The van der Waals surface area contributed by atoms with Crippen LogP contribution < -0.4 is 15.5 Å². The maximum Gasteiger partial charge on any atom is 0.272 e. The van der Waals surface area contributed by atoms with Gasteiger partial charge in [0.25, 0.3) is 11.8 Å². The molecule has 7 heteroatoms. The second-order valence-electron chi connectivity index (χ2n) is 6.94. The zero-order valence-electron chi connectivity index (χ0n) is 17.0. The summed E-state index contributed by atoms with van der Waals surface area (Å²) >= 11 is 6.76. The fourth-order valence-corrected chi connectivity index (χ4v) is 3.49. The maximum absolute atomic E-state index is 13.0. The Balaban J connectivity index is 1.90. The fraction of sp³-hybridized carbons (Fsp3) is 0.0833. The first-order chi connectivity index (χ1) is 14.8. The van der Waals surface area contributed by atoms with Crippen molar-refractivity contribution in [2.24, 2.45) is 0 Å². The van der Waals surface area contributed by atoms with Gasteiger partial charge in [-0.05, 0) is 76.1 Å². The van der Waals surface area contributed by atoms with Crippen LogP contribution >= 0.6 is 31.9 Å². The van der Waals surface area contributed by atoms with Crippen molar-refractivity contribution in [3.05, 3.63) is 98.6 Å². The molecule has 158 valence electrons. The highest BCUT2D eigenvalue weighted by Gasteiger charge is 2.16. The standard InChI is InChI=1S/C24H21Br2N3O2/c1-29(2)19-13-7-16(8-14-19)15-22(24(31)27-18-11-9-17(25)10-12-18)28-23(30)20-5-3-4-6-21(20)26/h3-15H,1-2H3,(H,27,31)(H,28,30). The zero-order chi connectivity index (χ0) is 22.4. The average molecular weight is 543 g/mol. The topological polar surface area (TPSA) is 61.4 Å². The lowest BCUT2D eigenvalue weighted by Gasteiger charge is -2.14. The summed E-state index contributed by atoms with van der Waals surface area (Å²) in [4.78, 5) is 27.8. The molecule has 0 radical (unpaired) electrons. The number of rotatable bonds is 6. The van der Waals surface area contributed by atoms with Gasteiger partial charge in [-0.1, -0.05) is 40.2 Å². The van der Waals surface area contributed by atoms with E-state index in [4.69, 9.17) is 0 Å². The van der Waals surface area contributed by atoms with Crippen LogP contribution in [-0.2, 0) is 4.79 Å². The molecule has 31 heavy (non-hydrogen) atoms. The highest BCUT2D eigenvalue weighted by atomic mass is 79.9. The molecular weight excluding hydrogens is 522 g/mol. The van der Waals surface area contributed by atoms with Gasteiger partial charge in [-0.25, -0.2) is 0 Å². The Bertz CT molecular complexity index is 1110. The predicted molar refractivity (Wildman–Crippen MR) is 133 cm³/mol. The molecule has 0 saturated carbocycles. The van der Waals surface area contributed by atoms with Gasteiger partial charge in [0.15, 0.2) is 0 Å². The average Bonchev–Trinajstić information content (AvgIpc) is 2.75. The summed E-state index contributed by atoms with van der Waals surface area (Å²) in [6.07, 6.45) is 1.66. The molecule has 3 aromatic rings. The number of hydrogen-bond donors (Lipinski definition) is 2. The van der Waals surface area contributed by atoms with Crippen molar-refractivity contribution >= 4 is 61.1 Å². The first-order valence-corrected chi connectivity index (χ1v) is 11.0. The highest BCUT2D eigenvalue weighted by molar-refractivity contribution is 9.10. The van der Waals surface area contributed by atoms with Crippen LogP contribution in [0.5, 0.6) is 0 Å². The molecule has 2 N–H and O–H groups in total. The van der Waals surface area contributed by atoms with E-state index in [9.17, 15) is 9.59 Å². The zero-order valence-corrected chi connectivity index (χ0v) is 20.2.